The van der Waals surface area contributed by atoms with E-state index >= 15 is 0 Å². The quantitative estimate of drug-likeness (QED) is 0.0196. The van der Waals surface area contributed by atoms with Crippen LogP contribution in [0.25, 0.3) is 0 Å². The highest BCUT2D eigenvalue weighted by atomic mass is 32.3. The van der Waals surface area contributed by atoms with Gasteiger partial charge in [-0.25, -0.2) is 4.18 Å². The molecule has 6 unspecified atom stereocenters. The predicted octanol–water partition coefficient (Wildman–Crippen LogP) is 14.5. The third-order valence-electron chi connectivity index (χ3n) is 12.7. The average Bonchev–Trinajstić information content (AvgIpc) is 3.38. The van der Waals surface area contributed by atoms with Gasteiger partial charge in [0, 0.05) is 13.0 Å². The molecule has 1 aliphatic heterocycles. The van der Waals surface area contributed by atoms with Crippen LogP contribution in [0.15, 0.2) is 97.2 Å². The number of aliphatic hydroxyl groups is 3. The summed E-state index contributed by atoms with van der Waals surface area (Å²) in [6.07, 6.45) is 61.6. The Labute approximate surface area is 450 Å². The number of ether oxygens (including phenoxy) is 4. The van der Waals surface area contributed by atoms with Gasteiger partial charge in [0.1, 0.15) is 30.5 Å². The fourth-order valence-electron chi connectivity index (χ4n) is 8.35. The van der Waals surface area contributed by atoms with Crippen molar-refractivity contribution in [1.29, 1.82) is 0 Å². The van der Waals surface area contributed by atoms with Crippen LogP contribution in [0.1, 0.15) is 219 Å². The molecule has 13 heteroatoms. The topological polar surface area (TPSA) is 178 Å². The van der Waals surface area contributed by atoms with E-state index in [4.69, 9.17) is 18.9 Å². The molecule has 0 aromatic heterocycles. The monoisotopic (exact) mass is 1060 g/mol. The number of hydrogen-bond donors (Lipinski definition) is 4. The fraction of sp³-hybridized carbons (Fsp3) is 0.721. The zero-order chi connectivity index (χ0) is 53.8. The first-order valence-electron chi connectivity index (χ1n) is 29.0. The van der Waals surface area contributed by atoms with Crippen LogP contribution in [-0.4, -0.2) is 97.5 Å². The lowest BCUT2D eigenvalue weighted by Gasteiger charge is -2.41. The average molecular weight is 1060 g/mol. The minimum Gasteiger partial charge on any atom is -0.457 e. The van der Waals surface area contributed by atoms with Crippen molar-refractivity contribution in [2.45, 2.75) is 256 Å². The molecule has 0 saturated carbocycles. The fourth-order valence-corrected chi connectivity index (χ4v) is 8.86. The van der Waals surface area contributed by atoms with Gasteiger partial charge in [-0.05, 0) is 96.3 Å². The first-order chi connectivity index (χ1) is 36.1. The Morgan fingerprint density at radius 2 is 0.932 bits per heavy atom. The van der Waals surface area contributed by atoms with Crippen molar-refractivity contribution in [3.05, 3.63) is 97.2 Å². The Kier molecular flexibility index (Phi) is 47.4. The molecular formula is C61H104O12S. The summed E-state index contributed by atoms with van der Waals surface area (Å²) in [7, 11) is -5.08. The van der Waals surface area contributed by atoms with E-state index in [9.17, 15) is 33.1 Å². The van der Waals surface area contributed by atoms with E-state index in [1.54, 1.807) is 0 Å². The molecular weight excluding hydrogens is 957 g/mol. The van der Waals surface area contributed by atoms with Crippen LogP contribution in [0.2, 0.25) is 0 Å². The molecule has 0 radical (unpaired) electrons. The number of hydrogen-bond acceptors (Lipinski definition) is 11. The standard InChI is InChI=1S/C61H104O12S/c1-3-5-7-9-11-13-15-17-19-21-23-25-26-27-28-29-31-33-35-37-39-41-43-45-47-49-51-69-53-55(54-70-61-59(65)60(73-74(66,67)68)58(64)56(52-62)72-61)71-57(63)50-48-46-44-42-40-38-36-34-32-30-24-22-20-18-16-14-12-10-8-6-4-2/h6,8,12,14-15,17-18,20-21,23-24,30,34,36,40,42,55-56,58-62,64-65H,3-5,7,9-11,13,16,19,22,25-29,31-33,35,37-39,41,43-54H2,1-2H3,(H,66,67,68)/b8-6-,14-12-,17-15-,20-18-,23-21-,30-24-,36-34-,42-40-. The van der Waals surface area contributed by atoms with Crippen LogP contribution in [0.4, 0.5) is 0 Å². The third kappa shape index (κ3) is 43.2. The molecule has 0 aromatic carbocycles. The zero-order valence-electron chi connectivity index (χ0n) is 46.1. The largest absolute Gasteiger partial charge is 0.457 e. The van der Waals surface area contributed by atoms with Crippen LogP contribution >= 0.6 is 0 Å². The highest BCUT2D eigenvalue weighted by molar-refractivity contribution is 7.80. The van der Waals surface area contributed by atoms with E-state index in [-0.39, 0.29) is 19.6 Å². The summed E-state index contributed by atoms with van der Waals surface area (Å²) in [5.41, 5.74) is 0. The van der Waals surface area contributed by atoms with Gasteiger partial charge in [0.25, 0.3) is 0 Å². The highest BCUT2D eigenvalue weighted by Gasteiger charge is 2.48. The molecule has 0 amide bonds. The first-order valence-corrected chi connectivity index (χ1v) is 30.4. The third-order valence-corrected chi connectivity index (χ3v) is 13.2. The molecule has 1 aliphatic rings. The van der Waals surface area contributed by atoms with Gasteiger partial charge in [0.2, 0.25) is 0 Å². The van der Waals surface area contributed by atoms with Crippen molar-refractivity contribution in [3.8, 4) is 0 Å². The number of rotatable bonds is 50. The molecule has 6 atom stereocenters. The van der Waals surface area contributed by atoms with Crippen molar-refractivity contribution in [2.24, 2.45) is 0 Å². The summed E-state index contributed by atoms with van der Waals surface area (Å²) in [6, 6.07) is 0. The summed E-state index contributed by atoms with van der Waals surface area (Å²) in [5, 5.41) is 30.8. The van der Waals surface area contributed by atoms with Gasteiger partial charge in [-0.1, -0.05) is 214 Å². The molecule has 74 heavy (non-hydrogen) atoms. The molecule has 1 rings (SSSR count). The van der Waals surface area contributed by atoms with Crippen LogP contribution in [-0.2, 0) is 38.3 Å². The molecule has 1 heterocycles. The highest BCUT2D eigenvalue weighted by Crippen LogP contribution is 2.26. The number of carbonyl (C=O) groups is 1. The lowest BCUT2D eigenvalue weighted by molar-refractivity contribution is -0.301. The summed E-state index contributed by atoms with van der Waals surface area (Å²) >= 11 is 0. The van der Waals surface area contributed by atoms with Gasteiger partial charge in [0.15, 0.2) is 6.29 Å². The number of esters is 1. The van der Waals surface area contributed by atoms with Crippen molar-refractivity contribution in [3.63, 3.8) is 0 Å². The zero-order valence-corrected chi connectivity index (χ0v) is 46.9. The van der Waals surface area contributed by atoms with Gasteiger partial charge in [-0.15, -0.1) is 0 Å². The van der Waals surface area contributed by atoms with Crippen molar-refractivity contribution >= 4 is 16.4 Å². The molecule has 1 saturated heterocycles. The lowest BCUT2D eigenvalue weighted by atomic mass is 9.99. The van der Waals surface area contributed by atoms with E-state index in [2.05, 4.69) is 115 Å². The Morgan fingerprint density at radius 3 is 1.36 bits per heavy atom. The molecule has 0 aromatic rings. The SMILES string of the molecule is CC/C=C\C/C=C\C/C=C\C/C=C\C/C=C\C/C=C\CCCCC(=O)OC(COCCCCCCCCCCCCCCCC/C=C\C/C=C\CCCCCCC)COC1OC(CO)C(O)C(OS(=O)(=O)O)C1O. The van der Waals surface area contributed by atoms with Gasteiger partial charge in [0.05, 0.1) is 19.8 Å². The van der Waals surface area contributed by atoms with Crippen molar-refractivity contribution in [2.75, 3.05) is 26.4 Å². The Hall–Kier alpha value is -2.98. The van der Waals surface area contributed by atoms with Gasteiger partial charge >= 0.3 is 16.4 Å². The number of carbonyl (C=O) groups excluding carboxylic acids is 1. The second kappa shape index (κ2) is 50.8. The maximum atomic E-state index is 12.9. The van der Waals surface area contributed by atoms with Crippen LogP contribution in [0.5, 0.6) is 0 Å². The van der Waals surface area contributed by atoms with Crippen LogP contribution in [0.3, 0.4) is 0 Å². The minimum absolute atomic E-state index is 0.0128. The number of aliphatic hydroxyl groups excluding tert-OH is 3. The summed E-state index contributed by atoms with van der Waals surface area (Å²) in [5.74, 6) is -0.442. The van der Waals surface area contributed by atoms with Gasteiger partial charge in [-0.3, -0.25) is 9.35 Å². The second-order valence-electron chi connectivity index (χ2n) is 19.5. The summed E-state index contributed by atoms with van der Waals surface area (Å²) in [4.78, 5) is 12.9. The Bertz CT molecular complexity index is 1650. The van der Waals surface area contributed by atoms with Crippen LogP contribution in [0, 0.1) is 0 Å². The number of unbranched alkanes of at least 4 members (excludes halogenated alkanes) is 21. The van der Waals surface area contributed by atoms with Crippen molar-refractivity contribution < 1.29 is 56.2 Å². The van der Waals surface area contributed by atoms with Gasteiger partial charge in [-0.2, -0.15) is 8.42 Å². The molecule has 12 nitrogen and oxygen atoms in total. The van der Waals surface area contributed by atoms with Crippen molar-refractivity contribution in [1.82, 2.24) is 0 Å². The molecule has 0 spiro atoms. The van der Waals surface area contributed by atoms with E-state index in [0.29, 0.717) is 13.0 Å². The maximum Gasteiger partial charge on any atom is 0.397 e. The van der Waals surface area contributed by atoms with E-state index < -0.39 is 59.8 Å². The lowest BCUT2D eigenvalue weighted by Crippen LogP contribution is -2.60. The predicted molar refractivity (Wildman–Crippen MR) is 303 cm³/mol. The first kappa shape index (κ1) is 69.0. The summed E-state index contributed by atoms with van der Waals surface area (Å²) in [6.45, 7) is 3.82. The molecule has 4 N–H and O–H groups in total. The molecule has 0 bridgehead atoms. The van der Waals surface area contributed by atoms with E-state index in [1.807, 2.05) is 0 Å². The Balaban J connectivity index is 2.33. The van der Waals surface area contributed by atoms with Crippen LogP contribution < -0.4 is 0 Å². The smallest absolute Gasteiger partial charge is 0.397 e. The molecule has 426 valence electrons. The Morgan fingerprint density at radius 1 is 0.527 bits per heavy atom. The summed E-state index contributed by atoms with van der Waals surface area (Å²) < 4.78 is 59.4. The van der Waals surface area contributed by atoms with E-state index in [0.717, 1.165) is 77.0 Å². The molecule has 1 fully saturated rings. The normalized spacial score (nSPS) is 19.5. The number of allylic oxidation sites excluding steroid dienone is 16. The second-order valence-corrected chi connectivity index (χ2v) is 20.5. The maximum absolute atomic E-state index is 12.9. The van der Waals surface area contributed by atoms with E-state index in [1.165, 1.54) is 116 Å². The van der Waals surface area contributed by atoms with Gasteiger partial charge < -0.3 is 34.3 Å². The minimum atomic E-state index is -5.08. The molecule has 0 aliphatic carbocycles.